The van der Waals surface area contributed by atoms with Crippen molar-refractivity contribution in [2.45, 2.75) is 122 Å². The molecular weight excluding hydrogens is 785 g/mol. The zero-order valence-electron chi connectivity index (χ0n) is 37.2. The Kier molecular flexibility index (Phi) is 15.9. The standard InChI is InChI=1S/C48H68N8O6/c1-4-5-6-7-8-9-10-13-28-61-48(60)62-34-56-44-35(2)29-36(30-39(44)33-49-56)31-43(46(58)54-26-24-53(25-27-54)40-18-20-52(3)21-19-40)51-47(59)55-22-16-37(17-23-55)41-32-38-14-11-12-15-42(38)50-45(41)57/h11-12,14-15,29-30,32-33,37,40,43H,4-10,13,16-28,31,34H2,1-3H3,(H,50,57)(H,51,59)/t43-/m1/s1. The van der Waals surface area contributed by atoms with Crippen LogP contribution in [0.4, 0.5) is 9.59 Å². The Hall–Kier alpha value is -4.95. The van der Waals surface area contributed by atoms with Crippen molar-refractivity contribution >= 4 is 39.9 Å². The number of carbonyl (C=O) groups excluding carboxylic acids is 3. The number of pyridine rings is 1. The quantitative estimate of drug-likeness (QED) is 0.0834. The van der Waals surface area contributed by atoms with Gasteiger partial charge < -0.3 is 34.5 Å². The van der Waals surface area contributed by atoms with Crippen molar-refractivity contribution in [2.24, 2.45) is 0 Å². The van der Waals surface area contributed by atoms with E-state index in [1.807, 2.05) is 54.3 Å². The number of nitrogens with one attached hydrogen (secondary N) is 2. The summed E-state index contributed by atoms with van der Waals surface area (Å²) >= 11 is 0. The number of rotatable bonds is 17. The van der Waals surface area contributed by atoms with Gasteiger partial charge in [0.15, 0.2) is 6.73 Å². The maximum absolute atomic E-state index is 14.5. The monoisotopic (exact) mass is 853 g/mol. The minimum Gasteiger partial charge on any atom is -0.434 e. The smallest absolute Gasteiger partial charge is 0.434 e. The molecule has 3 saturated heterocycles. The summed E-state index contributed by atoms with van der Waals surface area (Å²) in [5, 5.41) is 9.53. The van der Waals surface area contributed by atoms with E-state index in [1.54, 1.807) is 15.8 Å². The Labute approximate surface area is 366 Å². The molecule has 3 aliphatic rings. The lowest BCUT2D eigenvalue weighted by atomic mass is 9.89. The number of fused-ring (bicyclic) bond motifs is 2. The molecule has 0 aliphatic carbocycles. The first-order chi connectivity index (χ1) is 30.2. The van der Waals surface area contributed by atoms with Crippen LogP contribution in [0.2, 0.25) is 0 Å². The number of piperidine rings is 2. The number of urea groups is 1. The van der Waals surface area contributed by atoms with E-state index in [9.17, 15) is 19.2 Å². The van der Waals surface area contributed by atoms with Crippen LogP contribution < -0.4 is 10.9 Å². The Morgan fingerprint density at radius 3 is 2.27 bits per heavy atom. The van der Waals surface area contributed by atoms with Crippen molar-refractivity contribution in [1.82, 2.24) is 39.7 Å². The van der Waals surface area contributed by atoms with Crippen molar-refractivity contribution in [3.05, 3.63) is 75.7 Å². The van der Waals surface area contributed by atoms with Crippen molar-refractivity contribution in [2.75, 3.05) is 66.0 Å². The SMILES string of the molecule is CCCCCCCCCCOC(=O)OCn1ncc2cc(C[C@@H](NC(=O)N3CCC(c4cc5ccccc5[nH]c4=O)CC3)C(=O)N3CCN(C4CCN(C)CC4)CC3)cc(C)c21. The van der Waals surface area contributed by atoms with Crippen LogP contribution in [0.15, 0.2) is 53.5 Å². The molecule has 3 amide bonds. The van der Waals surface area contributed by atoms with E-state index in [0.29, 0.717) is 58.1 Å². The number of H-pyrrole nitrogens is 1. The van der Waals surface area contributed by atoms with Crippen LogP contribution in [0, 0.1) is 6.92 Å². The second-order valence-electron chi connectivity index (χ2n) is 17.8. The summed E-state index contributed by atoms with van der Waals surface area (Å²) in [6.45, 7) is 10.5. The van der Waals surface area contributed by atoms with E-state index in [1.165, 1.54) is 32.1 Å². The first-order valence-electron chi connectivity index (χ1n) is 23.3. The third kappa shape index (κ3) is 11.7. The minimum atomic E-state index is -0.774. The molecule has 0 unspecified atom stereocenters. The summed E-state index contributed by atoms with van der Waals surface area (Å²) in [5.41, 5.74) is 4.14. The van der Waals surface area contributed by atoms with Gasteiger partial charge in [-0.05, 0) is 99.8 Å². The number of aryl methyl sites for hydroxylation is 1. The largest absolute Gasteiger partial charge is 0.510 e. The van der Waals surface area contributed by atoms with Crippen LogP contribution in [0.25, 0.3) is 21.8 Å². The number of likely N-dealkylation sites (tertiary alicyclic amines) is 2. The highest BCUT2D eigenvalue weighted by molar-refractivity contribution is 5.88. The number of carbonyl (C=O) groups is 3. The molecule has 5 heterocycles. The lowest BCUT2D eigenvalue weighted by molar-refractivity contribution is -0.135. The van der Waals surface area contributed by atoms with Gasteiger partial charge in [0.05, 0.1) is 18.3 Å². The molecule has 14 heteroatoms. The number of nitrogens with zero attached hydrogens (tertiary/aromatic N) is 6. The lowest BCUT2D eigenvalue weighted by Crippen LogP contribution is -2.59. The second kappa shape index (κ2) is 21.9. The summed E-state index contributed by atoms with van der Waals surface area (Å²) < 4.78 is 12.4. The predicted molar refractivity (Wildman–Crippen MR) is 242 cm³/mol. The molecule has 0 bridgehead atoms. The molecule has 62 heavy (non-hydrogen) atoms. The maximum atomic E-state index is 14.5. The first kappa shape index (κ1) is 45.1. The molecule has 0 radical (unpaired) electrons. The van der Waals surface area contributed by atoms with Gasteiger partial charge in [-0.3, -0.25) is 14.5 Å². The van der Waals surface area contributed by atoms with Gasteiger partial charge in [-0.2, -0.15) is 5.10 Å². The van der Waals surface area contributed by atoms with Gasteiger partial charge >= 0.3 is 12.2 Å². The molecule has 7 rings (SSSR count). The van der Waals surface area contributed by atoms with Crippen LogP contribution in [-0.4, -0.2) is 131 Å². The number of hydrogen-bond acceptors (Lipinski definition) is 9. The summed E-state index contributed by atoms with van der Waals surface area (Å²) in [4.78, 5) is 65.6. The van der Waals surface area contributed by atoms with Crippen molar-refractivity contribution in [3.63, 3.8) is 0 Å². The average Bonchev–Trinajstić information content (AvgIpc) is 3.70. The molecule has 14 nitrogen and oxygen atoms in total. The summed E-state index contributed by atoms with van der Waals surface area (Å²) in [6, 6.07) is 13.3. The number of unbranched alkanes of at least 4 members (excludes halogenated alkanes) is 7. The van der Waals surface area contributed by atoms with Gasteiger partial charge in [0, 0.05) is 68.2 Å². The van der Waals surface area contributed by atoms with Gasteiger partial charge in [-0.25, -0.2) is 14.3 Å². The molecular formula is C48H68N8O6. The fraction of sp³-hybridized carbons (Fsp3) is 0.604. The normalized spacial score (nSPS) is 17.7. The van der Waals surface area contributed by atoms with Crippen LogP contribution in [0.3, 0.4) is 0 Å². The van der Waals surface area contributed by atoms with E-state index in [4.69, 9.17) is 9.47 Å². The number of amides is 3. The molecule has 4 aromatic rings. The molecule has 3 fully saturated rings. The predicted octanol–water partition coefficient (Wildman–Crippen LogP) is 7.18. The maximum Gasteiger partial charge on any atom is 0.510 e. The highest BCUT2D eigenvalue weighted by Crippen LogP contribution is 2.28. The zero-order valence-corrected chi connectivity index (χ0v) is 37.2. The minimum absolute atomic E-state index is 0.0390. The molecule has 0 saturated carbocycles. The molecule has 336 valence electrons. The molecule has 2 aromatic carbocycles. The van der Waals surface area contributed by atoms with Crippen LogP contribution >= 0.6 is 0 Å². The average molecular weight is 853 g/mol. The zero-order chi connectivity index (χ0) is 43.4. The summed E-state index contributed by atoms with van der Waals surface area (Å²) in [7, 11) is 2.17. The highest BCUT2D eigenvalue weighted by atomic mass is 16.7. The van der Waals surface area contributed by atoms with Crippen LogP contribution in [0.5, 0.6) is 0 Å². The van der Waals surface area contributed by atoms with E-state index >= 15 is 0 Å². The number of para-hydroxylation sites is 1. The van der Waals surface area contributed by atoms with E-state index in [-0.39, 0.29) is 30.1 Å². The van der Waals surface area contributed by atoms with Gasteiger partial charge in [0.2, 0.25) is 5.91 Å². The Bertz CT molecular complexity index is 2160. The molecule has 1 atom stereocenters. The number of ether oxygens (including phenoxy) is 2. The van der Waals surface area contributed by atoms with Gasteiger partial charge in [0.25, 0.3) is 5.56 Å². The molecule has 3 aliphatic heterocycles. The number of aromatic amines is 1. The molecule has 0 spiro atoms. The molecule has 2 aromatic heterocycles. The topological polar surface area (TPSA) is 145 Å². The summed E-state index contributed by atoms with van der Waals surface area (Å²) in [6.07, 6.45) is 14.3. The van der Waals surface area contributed by atoms with Gasteiger partial charge in [0.1, 0.15) is 6.04 Å². The van der Waals surface area contributed by atoms with Crippen molar-refractivity contribution in [1.29, 1.82) is 0 Å². The van der Waals surface area contributed by atoms with Crippen molar-refractivity contribution < 1.29 is 23.9 Å². The highest BCUT2D eigenvalue weighted by Gasteiger charge is 2.34. The third-order valence-corrected chi connectivity index (χ3v) is 13.4. The first-order valence-corrected chi connectivity index (χ1v) is 23.3. The molecule has 2 N–H and O–H groups in total. The van der Waals surface area contributed by atoms with Crippen LogP contribution in [0.1, 0.15) is 107 Å². The third-order valence-electron chi connectivity index (χ3n) is 13.4. The Balaban J connectivity index is 0.973. The van der Waals surface area contributed by atoms with E-state index < -0.39 is 12.2 Å². The van der Waals surface area contributed by atoms with Gasteiger partial charge in [-0.15, -0.1) is 0 Å². The van der Waals surface area contributed by atoms with Crippen molar-refractivity contribution in [3.8, 4) is 0 Å². The number of piperazine rings is 1. The summed E-state index contributed by atoms with van der Waals surface area (Å²) in [5.74, 6) is -0.0385. The lowest BCUT2D eigenvalue weighted by Gasteiger charge is -2.43. The fourth-order valence-corrected chi connectivity index (χ4v) is 9.71. The number of aromatic nitrogens is 3. The van der Waals surface area contributed by atoms with E-state index in [0.717, 1.165) is 96.8 Å². The van der Waals surface area contributed by atoms with Crippen LogP contribution in [-0.2, 0) is 27.4 Å². The second-order valence-corrected chi connectivity index (χ2v) is 17.8. The Morgan fingerprint density at radius 2 is 1.53 bits per heavy atom. The number of benzene rings is 2. The number of hydrogen-bond donors (Lipinski definition) is 2. The Morgan fingerprint density at radius 1 is 0.823 bits per heavy atom. The van der Waals surface area contributed by atoms with E-state index in [2.05, 4.69) is 39.2 Å². The fourth-order valence-electron chi connectivity index (χ4n) is 9.71. The van der Waals surface area contributed by atoms with Gasteiger partial charge in [-0.1, -0.05) is 76.1 Å².